The molecule has 0 radical (unpaired) electrons. The van der Waals surface area contributed by atoms with Crippen LogP contribution in [-0.4, -0.2) is 34.8 Å². The van der Waals surface area contributed by atoms with Gasteiger partial charge in [0, 0.05) is 36.7 Å². The fourth-order valence-corrected chi connectivity index (χ4v) is 4.14. The maximum atomic E-state index is 12.0. The van der Waals surface area contributed by atoms with Crippen LogP contribution in [0.15, 0.2) is 46.9 Å². The molecule has 29 heavy (non-hydrogen) atoms. The van der Waals surface area contributed by atoms with Gasteiger partial charge in [-0.1, -0.05) is 6.07 Å². The minimum absolute atomic E-state index is 0.168. The lowest BCUT2D eigenvalue weighted by molar-refractivity contribution is 0.0994. The monoisotopic (exact) mass is 405 g/mol. The van der Waals surface area contributed by atoms with E-state index in [1.165, 1.54) is 11.3 Å². The first-order valence-corrected chi connectivity index (χ1v) is 10.4. The number of aromatic nitrogens is 2. The number of aryl methyl sites for hydroxylation is 1. The summed E-state index contributed by atoms with van der Waals surface area (Å²) in [5.74, 6) is 1.99. The van der Waals surface area contributed by atoms with Crippen molar-refractivity contribution in [1.82, 2.24) is 15.3 Å². The molecule has 0 fully saturated rings. The van der Waals surface area contributed by atoms with E-state index in [0.29, 0.717) is 18.1 Å². The van der Waals surface area contributed by atoms with Crippen molar-refractivity contribution in [1.29, 1.82) is 0 Å². The van der Waals surface area contributed by atoms with E-state index in [9.17, 15) is 4.79 Å². The van der Waals surface area contributed by atoms with E-state index in [2.05, 4.69) is 25.6 Å². The van der Waals surface area contributed by atoms with Crippen molar-refractivity contribution in [2.24, 2.45) is 4.99 Å². The Morgan fingerprint density at radius 3 is 3.03 bits per heavy atom. The minimum Gasteiger partial charge on any atom is -0.438 e. The molecule has 0 saturated carbocycles. The highest BCUT2D eigenvalue weighted by molar-refractivity contribution is 7.14. The van der Waals surface area contributed by atoms with Crippen LogP contribution < -0.4 is 15.4 Å². The number of anilines is 1. The van der Waals surface area contributed by atoms with Crippen LogP contribution in [0.5, 0.6) is 11.6 Å². The Kier molecular flexibility index (Phi) is 4.69. The molecular formula is C21H19N5O2S. The standard InChI is InChI=1S/C21H19N5O2S/c27-18-7-5-13-4-6-14(11-16(13)18)28-19-15(3-1-8-22-19)17-12-29-21(25-17)26-20-23-9-2-10-24-20/h1,3-4,6,8,11-12H,2,5,7,9-10H2,(H2,23,24,25,26). The SMILES string of the molecule is O=C1CCc2ccc(Oc3ncccc3-c3csc(NC4=NCCCN4)n3)cc21. The molecule has 2 aromatic heterocycles. The van der Waals surface area contributed by atoms with Crippen molar-refractivity contribution in [2.75, 3.05) is 18.4 Å². The summed E-state index contributed by atoms with van der Waals surface area (Å²) in [5, 5.41) is 9.16. The molecule has 0 saturated heterocycles. The largest absolute Gasteiger partial charge is 0.438 e. The number of hydrogen-bond acceptors (Lipinski definition) is 8. The third kappa shape index (κ3) is 3.71. The zero-order valence-corrected chi connectivity index (χ0v) is 16.5. The molecule has 146 valence electrons. The first kappa shape index (κ1) is 17.8. The normalized spacial score (nSPS) is 15.4. The number of carbonyl (C=O) groups excluding carboxylic acids is 1. The summed E-state index contributed by atoms with van der Waals surface area (Å²) in [6.07, 6.45) is 4.10. The smallest absolute Gasteiger partial charge is 0.228 e. The number of fused-ring (bicyclic) bond motifs is 1. The van der Waals surface area contributed by atoms with Gasteiger partial charge in [-0.3, -0.25) is 9.79 Å². The van der Waals surface area contributed by atoms with Gasteiger partial charge < -0.3 is 15.4 Å². The average Bonchev–Trinajstić information content (AvgIpc) is 3.36. The molecule has 5 rings (SSSR count). The number of Topliss-reactive ketones (excluding diaryl/α,β-unsaturated/α-hetero) is 1. The number of ether oxygens (including phenoxy) is 1. The molecule has 2 N–H and O–H groups in total. The maximum absolute atomic E-state index is 12.0. The summed E-state index contributed by atoms with van der Waals surface area (Å²) < 4.78 is 6.04. The van der Waals surface area contributed by atoms with Crippen LogP contribution in [0, 0.1) is 0 Å². The number of carbonyl (C=O) groups is 1. The minimum atomic E-state index is 0.168. The number of guanidine groups is 1. The van der Waals surface area contributed by atoms with E-state index in [-0.39, 0.29) is 5.78 Å². The molecule has 3 heterocycles. The van der Waals surface area contributed by atoms with Crippen LogP contribution in [0.3, 0.4) is 0 Å². The lowest BCUT2D eigenvalue weighted by Gasteiger charge is -2.14. The van der Waals surface area contributed by atoms with Crippen LogP contribution in [0.2, 0.25) is 0 Å². The number of thiazole rings is 1. The first-order chi connectivity index (χ1) is 14.3. The Hall–Kier alpha value is -3.26. The Morgan fingerprint density at radius 1 is 1.17 bits per heavy atom. The second-order valence-corrected chi connectivity index (χ2v) is 7.73. The van der Waals surface area contributed by atoms with Crippen molar-refractivity contribution in [2.45, 2.75) is 19.3 Å². The van der Waals surface area contributed by atoms with E-state index in [4.69, 9.17) is 4.74 Å². The Balaban J connectivity index is 1.39. The Bertz CT molecular complexity index is 1110. The molecule has 0 bridgehead atoms. The maximum Gasteiger partial charge on any atom is 0.228 e. The third-order valence-electron chi connectivity index (χ3n) is 4.89. The molecule has 0 unspecified atom stereocenters. The van der Waals surface area contributed by atoms with Crippen LogP contribution in [0.1, 0.15) is 28.8 Å². The zero-order chi connectivity index (χ0) is 19.6. The van der Waals surface area contributed by atoms with Crippen LogP contribution in [-0.2, 0) is 6.42 Å². The highest BCUT2D eigenvalue weighted by Gasteiger charge is 2.20. The molecule has 0 atom stereocenters. The van der Waals surface area contributed by atoms with Gasteiger partial charge in [0.05, 0.1) is 11.3 Å². The van der Waals surface area contributed by atoms with Crippen molar-refractivity contribution < 1.29 is 9.53 Å². The summed E-state index contributed by atoms with van der Waals surface area (Å²) in [6, 6.07) is 9.44. The highest BCUT2D eigenvalue weighted by Crippen LogP contribution is 2.34. The molecular weight excluding hydrogens is 386 g/mol. The predicted molar refractivity (Wildman–Crippen MR) is 113 cm³/mol. The van der Waals surface area contributed by atoms with E-state index < -0.39 is 0 Å². The van der Waals surface area contributed by atoms with Crippen LogP contribution in [0.25, 0.3) is 11.3 Å². The summed E-state index contributed by atoms with van der Waals surface area (Å²) in [5.41, 5.74) is 3.40. The van der Waals surface area contributed by atoms with Gasteiger partial charge in [0.2, 0.25) is 5.88 Å². The van der Waals surface area contributed by atoms with E-state index in [1.807, 2.05) is 35.7 Å². The number of nitrogens with zero attached hydrogens (tertiary/aromatic N) is 3. The lowest BCUT2D eigenvalue weighted by Crippen LogP contribution is -2.35. The summed E-state index contributed by atoms with van der Waals surface area (Å²) in [6.45, 7) is 1.73. The first-order valence-electron chi connectivity index (χ1n) is 9.56. The number of benzene rings is 1. The van der Waals surface area contributed by atoms with E-state index in [0.717, 1.165) is 59.4 Å². The lowest BCUT2D eigenvalue weighted by atomic mass is 10.1. The van der Waals surface area contributed by atoms with Gasteiger partial charge in [0.1, 0.15) is 5.75 Å². The van der Waals surface area contributed by atoms with Gasteiger partial charge in [-0.15, -0.1) is 11.3 Å². The van der Waals surface area contributed by atoms with E-state index >= 15 is 0 Å². The Morgan fingerprint density at radius 2 is 2.14 bits per heavy atom. The van der Waals surface area contributed by atoms with Crippen LogP contribution in [0.4, 0.5) is 5.13 Å². The fraction of sp³-hybridized carbons (Fsp3) is 0.238. The number of rotatable bonds is 4. The number of ketones is 1. The van der Waals surface area contributed by atoms with Crippen LogP contribution >= 0.6 is 11.3 Å². The molecule has 0 amide bonds. The van der Waals surface area contributed by atoms with Crippen molar-refractivity contribution in [3.05, 3.63) is 53.0 Å². The number of hydrogen-bond donors (Lipinski definition) is 2. The summed E-state index contributed by atoms with van der Waals surface area (Å²) in [7, 11) is 0. The zero-order valence-electron chi connectivity index (χ0n) is 15.6. The molecule has 2 aliphatic rings. The molecule has 1 aliphatic heterocycles. The van der Waals surface area contributed by atoms with Gasteiger partial charge in [0.25, 0.3) is 0 Å². The predicted octanol–water partition coefficient (Wildman–Crippen LogP) is 3.89. The second kappa shape index (κ2) is 7.63. The quantitative estimate of drug-likeness (QED) is 0.685. The average molecular weight is 405 g/mol. The van der Waals surface area contributed by atoms with Gasteiger partial charge >= 0.3 is 0 Å². The van der Waals surface area contributed by atoms with Crippen molar-refractivity contribution >= 4 is 28.2 Å². The molecule has 7 nitrogen and oxygen atoms in total. The summed E-state index contributed by atoms with van der Waals surface area (Å²) in [4.78, 5) is 25.5. The molecule has 0 spiro atoms. The third-order valence-corrected chi connectivity index (χ3v) is 5.65. The molecule has 3 aromatic rings. The topological polar surface area (TPSA) is 88.5 Å². The highest BCUT2D eigenvalue weighted by atomic mass is 32.1. The van der Waals surface area contributed by atoms with Crippen molar-refractivity contribution in [3.8, 4) is 22.9 Å². The molecule has 8 heteroatoms. The van der Waals surface area contributed by atoms with Gasteiger partial charge in [0.15, 0.2) is 16.9 Å². The molecule has 1 aromatic carbocycles. The van der Waals surface area contributed by atoms with Crippen molar-refractivity contribution in [3.63, 3.8) is 0 Å². The fourth-order valence-electron chi connectivity index (χ4n) is 3.43. The number of pyridine rings is 1. The Labute approximate surface area is 171 Å². The van der Waals surface area contributed by atoms with Gasteiger partial charge in [-0.25, -0.2) is 9.97 Å². The molecule has 1 aliphatic carbocycles. The van der Waals surface area contributed by atoms with Gasteiger partial charge in [-0.2, -0.15) is 0 Å². The number of nitrogens with one attached hydrogen (secondary N) is 2. The summed E-state index contributed by atoms with van der Waals surface area (Å²) >= 11 is 1.50. The van der Waals surface area contributed by atoms with E-state index in [1.54, 1.807) is 6.20 Å². The number of aliphatic imine (C=N–C) groups is 1. The second-order valence-electron chi connectivity index (χ2n) is 6.87. The van der Waals surface area contributed by atoms with Gasteiger partial charge in [-0.05, 0) is 42.7 Å².